The number of hydrogen-bond acceptors (Lipinski definition) is 5. The average molecular weight is 329 g/mol. The summed E-state index contributed by atoms with van der Waals surface area (Å²) < 4.78 is 24.4. The molecular weight excluding hydrogens is 317 g/mol. The number of carbonyl (C=O) groups excluding carboxylic acids is 2. The molecule has 0 atom stereocenters. The van der Waals surface area contributed by atoms with Gasteiger partial charge in [-0.25, -0.2) is 9.18 Å². The molecule has 3 aromatic rings. The minimum absolute atomic E-state index is 0.0757. The lowest BCUT2D eigenvalue weighted by Gasteiger charge is -2.03. The quantitative estimate of drug-likeness (QED) is 0.541. The Labute approximate surface area is 135 Å². The maximum absolute atomic E-state index is 13.7. The molecule has 0 bridgehead atoms. The molecule has 0 saturated carbocycles. The first kappa shape index (κ1) is 15.7. The fourth-order valence-corrected chi connectivity index (χ4v) is 2.35. The van der Waals surface area contributed by atoms with E-state index in [-0.39, 0.29) is 23.3 Å². The molecule has 122 valence electrons. The fraction of sp³-hybridized carbons (Fsp3) is 0.118. The summed E-state index contributed by atoms with van der Waals surface area (Å²) in [4.78, 5) is 35.6. The van der Waals surface area contributed by atoms with Gasteiger partial charge in [0.25, 0.3) is 0 Å². The number of nitrogens with zero attached hydrogens (tertiary/aromatic N) is 1. The maximum Gasteiger partial charge on any atom is 0.420 e. The van der Waals surface area contributed by atoms with Crippen molar-refractivity contribution in [3.63, 3.8) is 0 Å². The van der Waals surface area contributed by atoms with Gasteiger partial charge < -0.3 is 9.15 Å². The van der Waals surface area contributed by atoms with Crippen LogP contribution in [0.5, 0.6) is 0 Å². The lowest BCUT2D eigenvalue weighted by molar-refractivity contribution is -0.141. The minimum Gasteiger partial charge on any atom is -0.468 e. The molecule has 3 rings (SSSR count). The molecule has 1 aromatic heterocycles. The summed E-state index contributed by atoms with van der Waals surface area (Å²) in [5.41, 5.74) is 0.571. The largest absolute Gasteiger partial charge is 0.468 e. The monoisotopic (exact) mass is 329 g/mol. The first-order valence-electron chi connectivity index (χ1n) is 7.00. The molecule has 6 nitrogen and oxygen atoms in total. The molecule has 0 spiro atoms. The van der Waals surface area contributed by atoms with Crippen molar-refractivity contribution in [2.24, 2.45) is 0 Å². The molecule has 0 aliphatic rings. The number of carbonyl (C=O) groups is 2. The third kappa shape index (κ3) is 2.71. The predicted molar refractivity (Wildman–Crippen MR) is 82.3 cm³/mol. The number of benzene rings is 2. The number of ketones is 1. The number of ether oxygens (including phenoxy) is 1. The Balaban J connectivity index is 2.04. The lowest BCUT2D eigenvalue weighted by atomic mass is 10.0. The van der Waals surface area contributed by atoms with E-state index in [1.807, 2.05) is 0 Å². The topological polar surface area (TPSA) is 78.5 Å². The molecule has 0 N–H and O–H groups in total. The van der Waals surface area contributed by atoms with E-state index in [2.05, 4.69) is 4.74 Å². The highest BCUT2D eigenvalue weighted by Gasteiger charge is 2.17. The van der Waals surface area contributed by atoms with Gasteiger partial charge in [0.1, 0.15) is 12.4 Å². The molecule has 0 fully saturated rings. The molecule has 0 saturated heterocycles. The summed E-state index contributed by atoms with van der Waals surface area (Å²) in [6.45, 7) is -0.303. The smallest absolute Gasteiger partial charge is 0.420 e. The third-order valence-electron chi connectivity index (χ3n) is 3.56. The van der Waals surface area contributed by atoms with Crippen LogP contribution in [0, 0.1) is 5.82 Å². The third-order valence-corrected chi connectivity index (χ3v) is 3.56. The van der Waals surface area contributed by atoms with Crippen molar-refractivity contribution in [1.82, 2.24) is 4.57 Å². The van der Waals surface area contributed by atoms with E-state index in [0.29, 0.717) is 5.52 Å². The Morgan fingerprint density at radius 3 is 2.67 bits per heavy atom. The molecule has 2 aromatic carbocycles. The summed E-state index contributed by atoms with van der Waals surface area (Å²) in [7, 11) is 1.21. The van der Waals surface area contributed by atoms with Crippen LogP contribution in [0.25, 0.3) is 11.1 Å². The molecule has 0 radical (unpaired) electrons. The van der Waals surface area contributed by atoms with Gasteiger partial charge in [-0.2, -0.15) is 0 Å². The number of fused-ring (bicyclic) bond motifs is 1. The number of rotatable bonds is 4. The zero-order valence-corrected chi connectivity index (χ0v) is 12.6. The molecule has 0 amide bonds. The second-order valence-corrected chi connectivity index (χ2v) is 5.02. The Bertz CT molecular complexity index is 1000. The first-order chi connectivity index (χ1) is 11.5. The Kier molecular flexibility index (Phi) is 3.99. The standard InChI is InChI=1S/C17H12FNO5/c1-23-15(20)9-19-13-7-6-10(8-14(13)24-17(19)22)16(21)11-4-2-3-5-12(11)18/h2-8H,9H2,1H3. The highest BCUT2D eigenvalue weighted by molar-refractivity contribution is 6.10. The SMILES string of the molecule is COC(=O)Cn1c(=O)oc2cc(C(=O)c3ccccc3F)ccc21. The van der Waals surface area contributed by atoms with Gasteiger partial charge in [-0.1, -0.05) is 12.1 Å². The van der Waals surface area contributed by atoms with E-state index in [1.165, 1.54) is 43.5 Å². The Morgan fingerprint density at radius 2 is 1.96 bits per heavy atom. The van der Waals surface area contributed by atoms with E-state index < -0.39 is 23.3 Å². The van der Waals surface area contributed by atoms with Crippen LogP contribution in [0.4, 0.5) is 4.39 Å². The van der Waals surface area contributed by atoms with Crippen LogP contribution in [0.1, 0.15) is 15.9 Å². The zero-order chi connectivity index (χ0) is 17.3. The predicted octanol–water partition coefficient (Wildman–Crippen LogP) is 2.14. The normalized spacial score (nSPS) is 10.8. The van der Waals surface area contributed by atoms with Crippen LogP contribution < -0.4 is 5.76 Å². The van der Waals surface area contributed by atoms with Crippen LogP contribution >= 0.6 is 0 Å². The summed E-state index contributed by atoms with van der Waals surface area (Å²) >= 11 is 0. The van der Waals surface area contributed by atoms with Crippen molar-refractivity contribution in [3.8, 4) is 0 Å². The van der Waals surface area contributed by atoms with Crippen LogP contribution in [-0.2, 0) is 16.1 Å². The van der Waals surface area contributed by atoms with Crippen LogP contribution in [0.2, 0.25) is 0 Å². The number of methoxy groups -OCH3 is 1. The fourth-order valence-electron chi connectivity index (χ4n) is 2.35. The Hall–Kier alpha value is -3.22. The van der Waals surface area contributed by atoms with Gasteiger partial charge in [0.2, 0.25) is 0 Å². The van der Waals surface area contributed by atoms with Gasteiger partial charge >= 0.3 is 11.7 Å². The number of halogens is 1. The van der Waals surface area contributed by atoms with E-state index >= 15 is 0 Å². The van der Waals surface area contributed by atoms with Gasteiger partial charge in [0.05, 0.1) is 18.2 Å². The molecule has 0 aliphatic carbocycles. The van der Waals surface area contributed by atoms with E-state index in [1.54, 1.807) is 6.07 Å². The summed E-state index contributed by atoms with van der Waals surface area (Å²) in [6, 6.07) is 9.87. The minimum atomic E-state index is -0.745. The van der Waals surface area contributed by atoms with Gasteiger partial charge in [-0.15, -0.1) is 0 Å². The van der Waals surface area contributed by atoms with Crippen LogP contribution in [0.3, 0.4) is 0 Å². The van der Waals surface area contributed by atoms with Crippen LogP contribution in [-0.4, -0.2) is 23.4 Å². The second kappa shape index (κ2) is 6.11. The van der Waals surface area contributed by atoms with E-state index in [0.717, 1.165) is 4.57 Å². The molecule has 0 unspecified atom stereocenters. The molecule has 0 aliphatic heterocycles. The zero-order valence-electron chi connectivity index (χ0n) is 12.6. The van der Waals surface area contributed by atoms with Gasteiger partial charge in [0.15, 0.2) is 11.4 Å². The van der Waals surface area contributed by atoms with E-state index in [4.69, 9.17) is 4.42 Å². The molecular formula is C17H12FNO5. The van der Waals surface area contributed by atoms with Crippen molar-refractivity contribution >= 4 is 22.9 Å². The number of oxazole rings is 1. The highest BCUT2D eigenvalue weighted by Crippen LogP contribution is 2.19. The van der Waals surface area contributed by atoms with Crippen molar-refractivity contribution in [3.05, 3.63) is 70.0 Å². The van der Waals surface area contributed by atoms with Gasteiger partial charge in [-0.3, -0.25) is 14.2 Å². The van der Waals surface area contributed by atoms with Crippen LogP contribution in [0.15, 0.2) is 51.7 Å². The summed E-state index contributed by atoms with van der Waals surface area (Å²) in [5.74, 6) is -2.51. The second-order valence-electron chi connectivity index (χ2n) is 5.02. The highest BCUT2D eigenvalue weighted by atomic mass is 19.1. The summed E-state index contributed by atoms with van der Waals surface area (Å²) in [6.07, 6.45) is 0. The van der Waals surface area contributed by atoms with E-state index in [9.17, 15) is 18.8 Å². The first-order valence-corrected chi connectivity index (χ1v) is 7.00. The van der Waals surface area contributed by atoms with Gasteiger partial charge in [0, 0.05) is 5.56 Å². The Morgan fingerprint density at radius 1 is 1.21 bits per heavy atom. The van der Waals surface area contributed by atoms with Crippen molar-refractivity contribution < 1.29 is 23.1 Å². The molecule has 1 heterocycles. The number of esters is 1. The van der Waals surface area contributed by atoms with Gasteiger partial charge in [-0.05, 0) is 30.3 Å². The molecule has 7 heteroatoms. The maximum atomic E-state index is 13.7. The van der Waals surface area contributed by atoms with Crippen molar-refractivity contribution in [2.45, 2.75) is 6.54 Å². The molecule has 24 heavy (non-hydrogen) atoms. The van der Waals surface area contributed by atoms with Crippen molar-refractivity contribution in [2.75, 3.05) is 7.11 Å². The average Bonchev–Trinajstić information content (AvgIpc) is 2.89. The lowest BCUT2D eigenvalue weighted by Crippen LogP contribution is -2.20. The summed E-state index contributed by atoms with van der Waals surface area (Å²) in [5, 5.41) is 0. The van der Waals surface area contributed by atoms with Crippen molar-refractivity contribution in [1.29, 1.82) is 0 Å². The number of hydrogen-bond donors (Lipinski definition) is 0. The number of aromatic nitrogens is 1.